The van der Waals surface area contributed by atoms with Crippen LogP contribution in [0.25, 0.3) is 0 Å². The summed E-state index contributed by atoms with van der Waals surface area (Å²) in [5.41, 5.74) is -0.548. The largest absolute Gasteiger partial charge is 0.505 e. The summed E-state index contributed by atoms with van der Waals surface area (Å²) in [6.45, 7) is 1.64. The molecule has 84 valence electrons. The van der Waals surface area contributed by atoms with Gasteiger partial charge < -0.3 is 10.4 Å². The summed E-state index contributed by atoms with van der Waals surface area (Å²) in [5.74, 6) is -0.876. The van der Waals surface area contributed by atoms with Crippen LogP contribution >= 0.6 is 0 Å². The predicted octanol–water partition coefficient (Wildman–Crippen LogP) is 1.81. The Kier molecular flexibility index (Phi) is 3.60. The number of hydrogen-bond donors (Lipinski definition) is 2. The number of phenolic OH excluding ortho intramolecular Hbond substituents is 1. The number of nitrogens with zero attached hydrogens (tertiary/aromatic N) is 1. The van der Waals surface area contributed by atoms with Gasteiger partial charge in [0.25, 0.3) is 5.69 Å². The number of aromatic hydroxyl groups is 1. The molecule has 0 aliphatic carbocycles. The highest BCUT2D eigenvalue weighted by molar-refractivity contribution is 6.01. The average Bonchev–Trinajstić information content (AvgIpc) is 2.21. The van der Waals surface area contributed by atoms with Crippen molar-refractivity contribution in [3.8, 4) is 5.75 Å². The lowest BCUT2D eigenvalue weighted by atomic mass is 10.2. The Bertz CT molecular complexity index is 454. The Morgan fingerprint density at radius 3 is 2.81 bits per heavy atom. The van der Waals surface area contributed by atoms with Gasteiger partial charge in [-0.2, -0.15) is 0 Å². The topological polar surface area (TPSA) is 92.5 Å². The molecule has 0 spiro atoms. The van der Waals surface area contributed by atoms with E-state index in [-0.39, 0.29) is 17.1 Å². The van der Waals surface area contributed by atoms with Crippen molar-refractivity contribution in [3.63, 3.8) is 0 Å². The van der Waals surface area contributed by atoms with Gasteiger partial charge in [-0.3, -0.25) is 14.9 Å². The molecule has 0 aromatic heterocycles. The van der Waals surface area contributed by atoms with Crippen LogP contribution in [-0.4, -0.2) is 15.9 Å². The molecule has 2 N–H and O–H groups in total. The van der Waals surface area contributed by atoms with E-state index in [1.807, 2.05) is 0 Å². The van der Waals surface area contributed by atoms with Gasteiger partial charge in [0.1, 0.15) is 5.75 Å². The van der Waals surface area contributed by atoms with Gasteiger partial charge in [0.2, 0.25) is 5.91 Å². The normalized spacial score (nSPS) is 10.3. The van der Waals surface area contributed by atoms with Crippen molar-refractivity contribution in [1.29, 1.82) is 0 Å². The van der Waals surface area contributed by atoms with E-state index in [1.54, 1.807) is 6.92 Å². The molecule has 0 heterocycles. The van der Waals surface area contributed by atoms with Gasteiger partial charge in [0, 0.05) is 6.07 Å². The van der Waals surface area contributed by atoms with Crippen molar-refractivity contribution < 1.29 is 14.8 Å². The zero-order chi connectivity index (χ0) is 12.1. The highest BCUT2D eigenvalue weighted by Crippen LogP contribution is 2.32. The number of nitro benzene ring substituents is 1. The van der Waals surface area contributed by atoms with E-state index >= 15 is 0 Å². The molecular weight excluding hydrogens is 212 g/mol. The SMILES string of the molecule is C/C=C/C(=O)Nc1c(O)cccc1[N+](=O)[O-]. The molecule has 1 amide bonds. The summed E-state index contributed by atoms with van der Waals surface area (Å²) >= 11 is 0. The number of carbonyl (C=O) groups is 1. The maximum atomic E-state index is 11.2. The van der Waals surface area contributed by atoms with Crippen molar-refractivity contribution >= 4 is 17.3 Å². The van der Waals surface area contributed by atoms with E-state index in [2.05, 4.69) is 5.32 Å². The minimum absolute atomic E-state index is 0.199. The van der Waals surface area contributed by atoms with E-state index in [9.17, 15) is 20.0 Å². The van der Waals surface area contributed by atoms with Gasteiger partial charge in [0.05, 0.1) is 4.92 Å². The first-order valence-electron chi connectivity index (χ1n) is 4.46. The number of nitro groups is 1. The molecule has 1 aromatic carbocycles. The van der Waals surface area contributed by atoms with Crippen molar-refractivity contribution in [2.24, 2.45) is 0 Å². The zero-order valence-electron chi connectivity index (χ0n) is 8.51. The molecule has 0 saturated carbocycles. The number of hydrogen-bond acceptors (Lipinski definition) is 4. The van der Waals surface area contributed by atoms with Crippen LogP contribution in [0.1, 0.15) is 6.92 Å². The molecule has 0 atom stereocenters. The van der Waals surface area contributed by atoms with Crippen LogP contribution in [0.15, 0.2) is 30.4 Å². The van der Waals surface area contributed by atoms with Crippen LogP contribution in [0.5, 0.6) is 5.75 Å². The second kappa shape index (κ2) is 4.92. The Labute approximate surface area is 91.4 Å². The van der Waals surface area contributed by atoms with Crippen LogP contribution in [0.2, 0.25) is 0 Å². The first-order chi connectivity index (χ1) is 7.56. The molecule has 0 unspecified atom stereocenters. The first kappa shape index (κ1) is 11.7. The van der Waals surface area contributed by atoms with E-state index in [4.69, 9.17) is 0 Å². The highest BCUT2D eigenvalue weighted by Gasteiger charge is 2.18. The van der Waals surface area contributed by atoms with Gasteiger partial charge in [-0.05, 0) is 19.1 Å². The lowest BCUT2D eigenvalue weighted by Crippen LogP contribution is -2.09. The van der Waals surface area contributed by atoms with Crippen LogP contribution in [0.4, 0.5) is 11.4 Å². The van der Waals surface area contributed by atoms with Crippen molar-refractivity contribution in [2.45, 2.75) is 6.92 Å². The van der Waals surface area contributed by atoms with E-state index in [1.165, 1.54) is 30.4 Å². The Hall–Kier alpha value is -2.37. The van der Waals surface area contributed by atoms with Gasteiger partial charge in [-0.1, -0.05) is 12.1 Å². The summed E-state index contributed by atoms with van der Waals surface area (Å²) in [4.78, 5) is 21.2. The summed E-state index contributed by atoms with van der Waals surface area (Å²) < 4.78 is 0. The van der Waals surface area contributed by atoms with Crippen molar-refractivity contribution in [3.05, 3.63) is 40.5 Å². The van der Waals surface area contributed by atoms with Gasteiger partial charge >= 0.3 is 0 Å². The average molecular weight is 222 g/mol. The van der Waals surface area contributed by atoms with Gasteiger partial charge in [-0.25, -0.2) is 0 Å². The summed E-state index contributed by atoms with van der Waals surface area (Å²) in [7, 11) is 0. The fourth-order valence-corrected chi connectivity index (χ4v) is 1.12. The number of allylic oxidation sites excluding steroid dienone is 1. The van der Waals surface area contributed by atoms with E-state index < -0.39 is 10.8 Å². The lowest BCUT2D eigenvalue weighted by Gasteiger charge is -2.05. The first-order valence-corrected chi connectivity index (χ1v) is 4.46. The quantitative estimate of drug-likeness (QED) is 0.353. The Morgan fingerprint density at radius 2 is 2.25 bits per heavy atom. The molecule has 0 fully saturated rings. The fourth-order valence-electron chi connectivity index (χ4n) is 1.12. The van der Waals surface area contributed by atoms with Crippen molar-refractivity contribution in [1.82, 2.24) is 0 Å². The third kappa shape index (κ3) is 2.57. The number of carbonyl (C=O) groups excluding carboxylic acids is 1. The second-order valence-corrected chi connectivity index (χ2v) is 2.92. The Morgan fingerprint density at radius 1 is 1.56 bits per heavy atom. The van der Waals surface area contributed by atoms with Crippen LogP contribution in [-0.2, 0) is 4.79 Å². The molecule has 0 aliphatic rings. The molecule has 6 nitrogen and oxygen atoms in total. The molecule has 0 bridgehead atoms. The minimum Gasteiger partial charge on any atom is -0.505 e. The van der Waals surface area contributed by atoms with Crippen LogP contribution in [0, 0.1) is 10.1 Å². The molecule has 0 saturated heterocycles. The molecule has 1 rings (SSSR count). The summed E-state index contributed by atoms with van der Waals surface area (Å²) in [5, 5.41) is 22.3. The minimum atomic E-state index is -0.676. The third-order valence-corrected chi connectivity index (χ3v) is 1.78. The maximum absolute atomic E-state index is 11.2. The molecule has 0 aliphatic heterocycles. The van der Waals surface area contributed by atoms with Crippen molar-refractivity contribution in [2.75, 3.05) is 5.32 Å². The number of amides is 1. The molecular formula is C10H10N2O4. The monoisotopic (exact) mass is 222 g/mol. The highest BCUT2D eigenvalue weighted by atomic mass is 16.6. The Balaban J connectivity index is 3.11. The molecule has 0 radical (unpaired) electrons. The smallest absolute Gasteiger partial charge is 0.296 e. The standard InChI is InChI=1S/C10H10N2O4/c1-2-4-9(14)11-10-7(12(15)16)5-3-6-8(10)13/h2-6,13H,1H3,(H,11,14)/b4-2+. The number of phenols is 1. The second-order valence-electron chi connectivity index (χ2n) is 2.92. The number of benzene rings is 1. The predicted molar refractivity (Wildman–Crippen MR) is 58.2 cm³/mol. The third-order valence-electron chi connectivity index (χ3n) is 1.78. The van der Waals surface area contributed by atoms with Gasteiger partial charge in [0.15, 0.2) is 5.69 Å². The zero-order valence-corrected chi connectivity index (χ0v) is 8.51. The number of anilines is 1. The summed E-state index contributed by atoms with van der Waals surface area (Å²) in [6, 6.07) is 3.79. The number of nitrogens with one attached hydrogen (secondary N) is 1. The van der Waals surface area contributed by atoms with Crippen LogP contribution in [0.3, 0.4) is 0 Å². The van der Waals surface area contributed by atoms with Crippen LogP contribution < -0.4 is 5.32 Å². The van der Waals surface area contributed by atoms with E-state index in [0.717, 1.165) is 0 Å². The molecule has 1 aromatic rings. The molecule has 6 heteroatoms. The fraction of sp³-hybridized carbons (Fsp3) is 0.100. The van der Waals surface area contributed by atoms with Gasteiger partial charge in [-0.15, -0.1) is 0 Å². The lowest BCUT2D eigenvalue weighted by molar-refractivity contribution is -0.384. The summed E-state index contributed by atoms with van der Waals surface area (Å²) in [6.07, 6.45) is 2.69. The van der Waals surface area contributed by atoms with E-state index in [0.29, 0.717) is 0 Å². The number of rotatable bonds is 3. The number of para-hydroxylation sites is 1. The maximum Gasteiger partial charge on any atom is 0.296 e. The molecule has 16 heavy (non-hydrogen) atoms.